The fourth-order valence-corrected chi connectivity index (χ4v) is 3.10. The summed E-state index contributed by atoms with van der Waals surface area (Å²) in [6, 6.07) is 6.15. The van der Waals surface area contributed by atoms with Crippen molar-refractivity contribution in [2.75, 3.05) is 23.3 Å². The smallest absolute Gasteiger partial charge is 0.357 e. The molecule has 0 aliphatic carbocycles. The van der Waals surface area contributed by atoms with Crippen molar-refractivity contribution in [2.24, 2.45) is 5.92 Å². The zero-order valence-corrected chi connectivity index (χ0v) is 15.4. The first-order valence-electron chi connectivity index (χ1n) is 8.63. The molecule has 1 aliphatic heterocycles. The summed E-state index contributed by atoms with van der Waals surface area (Å²) < 4.78 is 38.5. The first kappa shape index (κ1) is 19.5. The second-order valence-electron chi connectivity index (χ2n) is 6.72. The van der Waals surface area contributed by atoms with Crippen molar-refractivity contribution >= 4 is 29.0 Å². The highest BCUT2D eigenvalue weighted by Gasteiger charge is 2.31. The number of nitrogens with one attached hydrogen (secondary N) is 1. The van der Waals surface area contributed by atoms with E-state index in [0.717, 1.165) is 49.9 Å². The number of pyridine rings is 1. The molecule has 1 N–H and O–H groups in total. The lowest BCUT2D eigenvalue weighted by molar-refractivity contribution is -0.137. The third kappa shape index (κ3) is 4.71. The number of carbonyl (C=O) groups is 1. The summed E-state index contributed by atoms with van der Waals surface area (Å²) in [7, 11) is 0. The van der Waals surface area contributed by atoms with Gasteiger partial charge in [0, 0.05) is 19.3 Å². The van der Waals surface area contributed by atoms with E-state index in [4.69, 9.17) is 11.6 Å². The van der Waals surface area contributed by atoms with Crippen LogP contribution in [-0.4, -0.2) is 24.0 Å². The van der Waals surface area contributed by atoms with Crippen LogP contribution in [0.3, 0.4) is 0 Å². The Hall–Kier alpha value is -2.28. The quantitative estimate of drug-likeness (QED) is 0.770. The third-order valence-electron chi connectivity index (χ3n) is 4.66. The van der Waals surface area contributed by atoms with E-state index in [1.54, 1.807) is 12.1 Å². The summed E-state index contributed by atoms with van der Waals surface area (Å²) in [5.41, 5.74) is -0.724. The van der Waals surface area contributed by atoms with E-state index in [-0.39, 0.29) is 16.3 Å². The Morgan fingerprint density at radius 2 is 1.93 bits per heavy atom. The first-order chi connectivity index (χ1) is 12.7. The maximum atomic E-state index is 12.8. The van der Waals surface area contributed by atoms with Crippen LogP contribution in [0.1, 0.15) is 35.7 Å². The monoisotopic (exact) mass is 397 g/mol. The van der Waals surface area contributed by atoms with Gasteiger partial charge in [0.1, 0.15) is 5.82 Å². The molecule has 0 spiro atoms. The summed E-state index contributed by atoms with van der Waals surface area (Å²) in [6.45, 7) is 4.05. The molecule has 144 valence electrons. The molecule has 27 heavy (non-hydrogen) atoms. The number of anilines is 2. The molecule has 1 aromatic heterocycles. The van der Waals surface area contributed by atoms with Gasteiger partial charge in [0.2, 0.25) is 0 Å². The van der Waals surface area contributed by atoms with Gasteiger partial charge in [-0.05, 0) is 49.1 Å². The van der Waals surface area contributed by atoms with E-state index in [2.05, 4.69) is 22.1 Å². The second kappa shape index (κ2) is 7.76. The average Bonchev–Trinajstić information content (AvgIpc) is 2.63. The Morgan fingerprint density at radius 3 is 2.52 bits per heavy atom. The summed E-state index contributed by atoms with van der Waals surface area (Å²) in [5.74, 6) is 0.918. The number of rotatable bonds is 3. The number of amides is 1. The molecule has 0 saturated carbocycles. The van der Waals surface area contributed by atoms with Crippen LogP contribution in [0.4, 0.5) is 24.7 Å². The molecule has 1 aromatic carbocycles. The fourth-order valence-electron chi connectivity index (χ4n) is 2.94. The van der Waals surface area contributed by atoms with Gasteiger partial charge in [-0.2, -0.15) is 13.2 Å². The standard InChI is InChI=1S/C19H19ClF3N3O/c1-12-6-8-26(9-7-12)17-5-2-13(11-24-17)18(27)25-16-10-14(19(21,22)23)3-4-15(16)20/h2-5,10-12H,6-9H2,1H3,(H,25,27). The maximum Gasteiger partial charge on any atom is 0.416 e. The van der Waals surface area contributed by atoms with E-state index in [1.165, 1.54) is 6.20 Å². The summed E-state index contributed by atoms with van der Waals surface area (Å²) in [6.07, 6.45) is -0.903. The lowest BCUT2D eigenvalue weighted by Gasteiger charge is -2.31. The van der Waals surface area contributed by atoms with Gasteiger partial charge in [-0.3, -0.25) is 4.79 Å². The van der Waals surface area contributed by atoms with E-state index in [0.29, 0.717) is 5.92 Å². The van der Waals surface area contributed by atoms with Crippen molar-refractivity contribution in [3.8, 4) is 0 Å². The topological polar surface area (TPSA) is 45.2 Å². The van der Waals surface area contributed by atoms with E-state index >= 15 is 0 Å². The van der Waals surface area contributed by atoms with Crippen molar-refractivity contribution in [2.45, 2.75) is 25.9 Å². The lowest BCUT2D eigenvalue weighted by atomic mass is 9.99. The second-order valence-corrected chi connectivity index (χ2v) is 7.13. The highest BCUT2D eigenvalue weighted by Crippen LogP contribution is 2.34. The molecule has 1 aliphatic rings. The minimum atomic E-state index is -4.51. The van der Waals surface area contributed by atoms with Crippen LogP contribution in [0, 0.1) is 5.92 Å². The van der Waals surface area contributed by atoms with Crippen molar-refractivity contribution in [1.82, 2.24) is 4.98 Å². The molecule has 1 amide bonds. The Morgan fingerprint density at radius 1 is 1.22 bits per heavy atom. The molecule has 0 unspecified atom stereocenters. The zero-order chi connectivity index (χ0) is 19.6. The third-order valence-corrected chi connectivity index (χ3v) is 4.99. The van der Waals surface area contributed by atoms with Crippen LogP contribution >= 0.6 is 11.6 Å². The van der Waals surface area contributed by atoms with Crippen LogP contribution in [0.2, 0.25) is 5.02 Å². The molecular formula is C19H19ClF3N3O. The number of aromatic nitrogens is 1. The van der Waals surface area contributed by atoms with Crippen molar-refractivity contribution in [3.63, 3.8) is 0 Å². The predicted octanol–water partition coefficient (Wildman–Crippen LogP) is 5.24. The molecule has 8 heteroatoms. The minimum absolute atomic E-state index is 0.0309. The minimum Gasteiger partial charge on any atom is -0.357 e. The molecule has 0 atom stereocenters. The number of hydrogen-bond acceptors (Lipinski definition) is 3. The molecule has 1 fully saturated rings. The molecular weight excluding hydrogens is 379 g/mol. The summed E-state index contributed by atoms with van der Waals surface area (Å²) >= 11 is 5.91. The number of piperidine rings is 1. The van der Waals surface area contributed by atoms with Crippen molar-refractivity contribution < 1.29 is 18.0 Å². The van der Waals surface area contributed by atoms with Gasteiger partial charge in [-0.25, -0.2) is 4.98 Å². The van der Waals surface area contributed by atoms with Gasteiger partial charge < -0.3 is 10.2 Å². The first-order valence-corrected chi connectivity index (χ1v) is 9.01. The summed E-state index contributed by atoms with van der Waals surface area (Å²) in [4.78, 5) is 18.8. The molecule has 0 bridgehead atoms. The lowest BCUT2D eigenvalue weighted by Crippen LogP contribution is -2.33. The number of carbonyl (C=O) groups excluding carboxylic acids is 1. The highest BCUT2D eigenvalue weighted by molar-refractivity contribution is 6.34. The van der Waals surface area contributed by atoms with Gasteiger partial charge in [-0.1, -0.05) is 18.5 Å². The number of halogens is 4. The van der Waals surface area contributed by atoms with Gasteiger partial charge in [-0.15, -0.1) is 0 Å². The molecule has 2 heterocycles. The fraction of sp³-hybridized carbons (Fsp3) is 0.368. The SMILES string of the molecule is CC1CCN(c2ccc(C(=O)Nc3cc(C(F)(F)F)ccc3Cl)cn2)CC1. The van der Waals surface area contributed by atoms with Crippen LogP contribution in [0.15, 0.2) is 36.5 Å². The Balaban J connectivity index is 1.71. The number of benzene rings is 1. The van der Waals surface area contributed by atoms with E-state index in [1.807, 2.05) is 0 Å². The largest absolute Gasteiger partial charge is 0.416 e. The Bertz CT molecular complexity index is 816. The van der Waals surface area contributed by atoms with Gasteiger partial charge in [0.15, 0.2) is 0 Å². The van der Waals surface area contributed by atoms with Crippen molar-refractivity contribution in [1.29, 1.82) is 0 Å². The van der Waals surface area contributed by atoms with Gasteiger partial charge >= 0.3 is 6.18 Å². The maximum absolute atomic E-state index is 12.8. The molecule has 0 radical (unpaired) electrons. The van der Waals surface area contributed by atoms with Crippen LogP contribution in [0.25, 0.3) is 0 Å². The Kier molecular flexibility index (Phi) is 5.60. The Labute approximate surface area is 160 Å². The predicted molar refractivity (Wildman–Crippen MR) is 99.3 cm³/mol. The average molecular weight is 398 g/mol. The zero-order valence-electron chi connectivity index (χ0n) is 14.7. The van der Waals surface area contributed by atoms with Crippen LogP contribution in [-0.2, 0) is 6.18 Å². The van der Waals surface area contributed by atoms with Crippen LogP contribution < -0.4 is 10.2 Å². The van der Waals surface area contributed by atoms with E-state index in [9.17, 15) is 18.0 Å². The van der Waals surface area contributed by atoms with Crippen molar-refractivity contribution in [3.05, 3.63) is 52.7 Å². The highest BCUT2D eigenvalue weighted by atomic mass is 35.5. The molecule has 1 saturated heterocycles. The number of hydrogen-bond donors (Lipinski definition) is 1. The molecule has 3 rings (SSSR count). The molecule has 4 nitrogen and oxygen atoms in total. The number of alkyl halides is 3. The van der Waals surface area contributed by atoms with E-state index < -0.39 is 17.6 Å². The summed E-state index contributed by atoms with van der Waals surface area (Å²) in [5, 5.41) is 2.45. The number of nitrogens with zero attached hydrogens (tertiary/aromatic N) is 2. The normalized spacial score (nSPS) is 15.7. The van der Waals surface area contributed by atoms with Crippen LogP contribution in [0.5, 0.6) is 0 Å². The molecule has 2 aromatic rings. The van der Waals surface area contributed by atoms with Gasteiger partial charge in [0.25, 0.3) is 5.91 Å². The van der Waals surface area contributed by atoms with Gasteiger partial charge in [0.05, 0.1) is 21.8 Å².